The van der Waals surface area contributed by atoms with Crippen LogP contribution < -0.4 is 19.9 Å². The van der Waals surface area contributed by atoms with E-state index in [-0.39, 0.29) is 6.04 Å². The molecule has 4 nitrogen and oxygen atoms in total. The van der Waals surface area contributed by atoms with Crippen LogP contribution in [-0.2, 0) is 0 Å². The predicted octanol–water partition coefficient (Wildman–Crippen LogP) is 3.15. The quantitative estimate of drug-likeness (QED) is 0.824. The minimum absolute atomic E-state index is 0.0175. The number of rotatable bonds is 7. The Morgan fingerprint density at radius 1 is 0.947 bits per heavy atom. The van der Waals surface area contributed by atoms with Crippen LogP contribution in [0.15, 0.2) is 12.1 Å². The summed E-state index contributed by atoms with van der Waals surface area (Å²) in [7, 11) is 4.82. The first-order chi connectivity index (χ1) is 9.03. The van der Waals surface area contributed by atoms with E-state index in [1.165, 1.54) is 0 Å². The second-order valence-corrected chi connectivity index (χ2v) is 5.04. The van der Waals surface area contributed by atoms with Gasteiger partial charge >= 0.3 is 0 Å². The number of methoxy groups -OCH3 is 3. The summed E-state index contributed by atoms with van der Waals surface area (Å²) in [6, 6.07) is 3.83. The van der Waals surface area contributed by atoms with Gasteiger partial charge in [0.15, 0.2) is 11.5 Å². The van der Waals surface area contributed by atoms with Gasteiger partial charge in [0, 0.05) is 6.04 Å². The van der Waals surface area contributed by atoms with Gasteiger partial charge in [0.1, 0.15) is 0 Å². The third-order valence-corrected chi connectivity index (χ3v) is 3.17. The number of benzene rings is 1. The van der Waals surface area contributed by atoms with Gasteiger partial charge in [-0.25, -0.2) is 0 Å². The van der Waals surface area contributed by atoms with Crippen molar-refractivity contribution in [2.24, 2.45) is 11.7 Å². The maximum absolute atomic E-state index is 6.23. The largest absolute Gasteiger partial charge is 0.493 e. The Balaban J connectivity index is 3.01. The molecule has 2 N–H and O–H groups in total. The van der Waals surface area contributed by atoms with Gasteiger partial charge in [-0.1, -0.05) is 13.8 Å². The molecule has 0 heterocycles. The Kier molecular flexibility index (Phi) is 5.96. The molecular weight excluding hydrogens is 242 g/mol. The van der Waals surface area contributed by atoms with Crippen molar-refractivity contribution in [3.63, 3.8) is 0 Å². The van der Waals surface area contributed by atoms with Crippen LogP contribution in [0, 0.1) is 5.92 Å². The normalized spacial score (nSPS) is 12.4. The van der Waals surface area contributed by atoms with Crippen LogP contribution in [0.5, 0.6) is 17.2 Å². The van der Waals surface area contributed by atoms with Crippen molar-refractivity contribution >= 4 is 0 Å². The summed E-state index contributed by atoms with van der Waals surface area (Å²) >= 11 is 0. The molecule has 0 amide bonds. The first-order valence-electron chi connectivity index (χ1n) is 6.59. The molecule has 0 radical (unpaired) electrons. The zero-order valence-corrected chi connectivity index (χ0v) is 12.5. The average molecular weight is 267 g/mol. The number of hydrogen-bond acceptors (Lipinski definition) is 4. The molecule has 1 unspecified atom stereocenters. The molecule has 0 spiro atoms. The molecule has 1 rings (SSSR count). The lowest BCUT2D eigenvalue weighted by atomic mass is 9.98. The van der Waals surface area contributed by atoms with Gasteiger partial charge in [-0.3, -0.25) is 0 Å². The fraction of sp³-hybridized carbons (Fsp3) is 0.600. The molecule has 1 atom stereocenters. The van der Waals surface area contributed by atoms with Gasteiger partial charge in [-0.15, -0.1) is 0 Å². The van der Waals surface area contributed by atoms with Gasteiger partial charge in [0.05, 0.1) is 21.3 Å². The highest BCUT2D eigenvalue weighted by Crippen LogP contribution is 2.39. The summed E-state index contributed by atoms with van der Waals surface area (Å²) in [6.45, 7) is 4.39. The number of ether oxygens (including phenoxy) is 3. The molecule has 0 bridgehead atoms. The van der Waals surface area contributed by atoms with E-state index < -0.39 is 0 Å². The van der Waals surface area contributed by atoms with E-state index in [9.17, 15) is 0 Å². The van der Waals surface area contributed by atoms with Gasteiger partial charge in [0.2, 0.25) is 5.75 Å². The SMILES string of the molecule is COc1cc(C(N)CCC(C)C)cc(OC)c1OC. The third-order valence-electron chi connectivity index (χ3n) is 3.17. The molecule has 0 aliphatic carbocycles. The smallest absolute Gasteiger partial charge is 0.203 e. The van der Waals surface area contributed by atoms with Crippen molar-refractivity contribution in [2.45, 2.75) is 32.7 Å². The minimum Gasteiger partial charge on any atom is -0.493 e. The Labute approximate surface area is 115 Å². The van der Waals surface area contributed by atoms with Crippen LogP contribution in [0.25, 0.3) is 0 Å². The van der Waals surface area contributed by atoms with Crippen molar-refractivity contribution in [3.05, 3.63) is 17.7 Å². The first kappa shape index (κ1) is 15.6. The lowest BCUT2D eigenvalue weighted by Crippen LogP contribution is -2.12. The monoisotopic (exact) mass is 267 g/mol. The molecule has 0 aromatic heterocycles. The molecule has 1 aromatic carbocycles. The van der Waals surface area contributed by atoms with Gasteiger partial charge in [-0.05, 0) is 36.5 Å². The average Bonchev–Trinajstić information content (AvgIpc) is 2.42. The molecule has 0 saturated heterocycles. The summed E-state index contributed by atoms with van der Waals surface area (Å²) in [6.07, 6.45) is 2.04. The Hall–Kier alpha value is -1.42. The Morgan fingerprint density at radius 3 is 1.84 bits per heavy atom. The number of hydrogen-bond donors (Lipinski definition) is 1. The van der Waals surface area contributed by atoms with Crippen molar-refractivity contribution < 1.29 is 14.2 Å². The molecule has 0 saturated carbocycles. The van der Waals surface area contributed by atoms with Crippen molar-refractivity contribution in [3.8, 4) is 17.2 Å². The number of nitrogens with two attached hydrogens (primary N) is 1. The van der Waals surface area contributed by atoms with Gasteiger partial charge < -0.3 is 19.9 Å². The second kappa shape index (κ2) is 7.24. The molecule has 0 aliphatic heterocycles. The van der Waals surface area contributed by atoms with Crippen LogP contribution >= 0.6 is 0 Å². The zero-order chi connectivity index (χ0) is 14.4. The highest BCUT2D eigenvalue weighted by atomic mass is 16.5. The summed E-state index contributed by atoms with van der Waals surface area (Å²) in [5.74, 6) is 2.55. The molecule has 0 fully saturated rings. The Morgan fingerprint density at radius 2 is 1.47 bits per heavy atom. The van der Waals surface area contributed by atoms with Crippen LogP contribution in [0.2, 0.25) is 0 Å². The van der Waals surface area contributed by atoms with E-state index in [1.54, 1.807) is 21.3 Å². The Bertz CT molecular complexity index is 379. The maximum atomic E-state index is 6.23. The van der Waals surface area contributed by atoms with Gasteiger partial charge in [-0.2, -0.15) is 0 Å². The fourth-order valence-corrected chi connectivity index (χ4v) is 2.00. The molecule has 108 valence electrons. The molecule has 1 aromatic rings. The standard InChI is InChI=1S/C15H25NO3/c1-10(2)6-7-12(16)11-8-13(17-3)15(19-5)14(9-11)18-4/h8-10,12H,6-7,16H2,1-5H3. The summed E-state index contributed by atoms with van der Waals surface area (Å²) in [4.78, 5) is 0. The van der Waals surface area contributed by atoms with E-state index >= 15 is 0 Å². The zero-order valence-electron chi connectivity index (χ0n) is 12.5. The second-order valence-electron chi connectivity index (χ2n) is 5.04. The predicted molar refractivity (Wildman–Crippen MR) is 77.1 cm³/mol. The summed E-state index contributed by atoms with van der Waals surface area (Å²) in [5.41, 5.74) is 7.24. The van der Waals surface area contributed by atoms with E-state index in [4.69, 9.17) is 19.9 Å². The highest BCUT2D eigenvalue weighted by molar-refractivity contribution is 5.54. The van der Waals surface area contributed by atoms with E-state index in [1.807, 2.05) is 12.1 Å². The van der Waals surface area contributed by atoms with Crippen molar-refractivity contribution in [1.29, 1.82) is 0 Å². The van der Waals surface area contributed by atoms with Crippen molar-refractivity contribution in [1.82, 2.24) is 0 Å². The minimum atomic E-state index is -0.0175. The molecular formula is C15H25NO3. The van der Waals surface area contributed by atoms with Crippen LogP contribution in [0.1, 0.15) is 38.3 Å². The van der Waals surface area contributed by atoms with E-state index in [2.05, 4.69) is 13.8 Å². The highest BCUT2D eigenvalue weighted by Gasteiger charge is 2.16. The van der Waals surface area contributed by atoms with E-state index in [0.717, 1.165) is 18.4 Å². The van der Waals surface area contributed by atoms with Gasteiger partial charge in [0.25, 0.3) is 0 Å². The third kappa shape index (κ3) is 4.03. The lowest BCUT2D eigenvalue weighted by molar-refractivity contribution is 0.323. The topological polar surface area (TPSA) is 53.7 Å². The first-order valence-corrected chi connectivity index (χ1v) is 6.59. The summed E-state index contributed by atoms with van der Waals surface area (Å²) < 4.78 is 16.0. The fourth-order valence-electron chi connectivity index (χ4n) is 2.00. The summed E-state index contributed by atoms with van der Waals surface area (Å²) in [5, 5.41) is 0. The molecule has 4 heteroatoms. The van der Waals surface area contributed by atoms with Crippen LogP contribution in [-0.4, -0.2) is 21.3 Å². The van der Waals surface area contributed by atoms with E-state index in [0.29, 0.717) is 23.2 Å². The molecule has 19 heavy (non-hydrogen) atoms. The van der Waals surface area contributed by atoms with Crippen LogP contribution in [0.3, 0.4) is 0 Å². The van der Waals surface area contributed by atoms with Crippen LogP contribution in [0.4, 0.5) is 0 Å². The maximum Gasteiger partial charge on any atom is 0.203 e. The van der Waals surface area contributed by atoms with Crippen molar-refractivity contribution in [2.75, 3.05) is 21.3 Å². The molecule has 0 aliphatic rings. The lowest BCUT2D eigenvalue weighted by Gasteiger charge is -2.18.